The largest absolute Gasteiger partial charge is 0.507 e. The van der Waals surface area contributed by atoms with Crippen molar-refractivity contribution in [3.8, 4) is 17.2 Å². The lowest BCUT2D eigenvalue weighted by Gasteiger charge is -2.17. The average molecular weight is 362 g/mol. The first-order chi connectivity index (χ1) is 12.3. The summed E-state index contributed by atoms with van der Waals surface area (Å²) in [6.07, 6.45) is 5.08. The van der Waals surface area contributed by atoms with E-state index in [9.17, 15) is 24.9 Å². The fourth-order valence-corrected chi connectivity index (χ4v) is 2.72. The third-order valence-corrected chi connectivity index (χ3v) is 4.31. The number of unbranched alkanes of at least 4 members (excludes halogenated alkanes) is 2. The maximum atomic E-state index is 12.5. The second-order valence-electron chi connectivity index (χ2n) is 6.81. The highest BCUT2D eigenvalue weighted by molar-refractivity contribution is 6.09. The van der Waals surface area contributed by atoms with E-state index in [2.05, 4.69) is 0 Å². The van der Waals surface area contributed by atoms with E-state index >= 15 is 0 Å². The molecule has 0 bridgehead atoms. The fourth-order valence-electron chi connectivity index (χ4n) is 2.72. The molecule has 0 aliphatic rings. The molecule has 1 aromatic rings. The van der Waals surface area contributed by atoms with Crippen molar-refractivity contribution in [1.29, 1.82) is 0 Å². The molecule has 0 aliphatic heterocycles. The number of phenolic OH excluding ortho intramolecular Hbond substituents is 3. The standard InChI is InChI=1S/C21H30O5/c1-5-7-9-15(22)17-19(24)14(12-11-13(3)4)20(25)18(21(17)26)16(23)10-8-6-2/h11,24-26H,5-10,12H2,1-4H3. The zero-order valence-electron chi connectivity index (χ0n) is 16.2. The van der Waals surface area contributed by atoms with Crippen LogP contribution < -0.4 is 0 Å². The Kier molecular flexibility index (Phi) is 8.36. The molecule has 5 nitrogen and oxygen atoms in total. The Morgan fingerprint density at radius 3 is 1.58 bits per heavy atom. The molecule has 0 spiro atoms. The van der Waals surface area contributed by atoms with Gasteiger partial charge >= 0.3 is 0 Å². The van der Waals surface area contributed by atoms with E-state index in [1.165, 1.54) is 0 Å². The molecule has 26 heavy (non-hydrogen) atoms. The number of aromatic hydroxyl groups is 3. The number of hydrogen-bond donors (Lipinski definition) is 3. The molecule has 0 saturated carbocycles. The van der Waals surface area contributed by atoms with E-state index in [1.807, 2.05) is 27.7 Å². The normalized spacial score (nSPS) is 10.6. The van der Waals surface area contributed by atoms with Crippen LogP contribution in [0.25, 0.3) is 0 Å². The van der Waals surface area contributed by atoms with Gasteiger partial charge in [0.15, 0.2) is 11.6 Å². The maximum Gasteiger partial charge on any atom is 0.170 e. The molecule has 3 N–H and O–H groups in total. The molecule has 0 heterocycles. The second kappa shape index (κ2) is 10.00. The van der Waals surface area contributed by atoms with Crippen molar-refractivity contribution < 1.29 is 24.9 Å². The summed E-state index contributed by atoms with van der Waals surface area (Å²) in [4.78, 5) is 25.0. The van der Waals surface area contributed by atoms with E-state index < -0.39 is 28.8 Å². The minimum atomic E-state index is -0.608. The fraction of sp³-hybridized carbons (Fsp3) is 0.524. The topological polar surface area (TPSA) is 94.8 Å². The van der Waals surface area contributed by atoms with Crippen LogP contribution in [0, 0.1) is 0 Å². The SMILES string of the molecule is CCCCC(=O)c1c(O)c(CC=C(C)C)c(O)c(C(=O)CCCC)c1O. The number of benzene rings is 1. The molecule has 0 amide bonds. The van der Waals surface area contributed by atoms with Gasteiger partial charge in [0.25, 0.3) is 0 Å². The quantitative estimate of drug-likeness (QED) is 0.399. The van der Waals surface area contributed by atoms with Crippen molar-refractivity contribution in [2.75, 3.05) is 0 Å². The van der Waals surface area contributed by atoms with Crippen molar-refractivity contribution in [3.63, 3.8) is 0 Å². The number of phenols is 3. The summed E-state index contributed by atoms with van der Waals surface area (Å²) in [6.45, 7) is 7.61. The molecule has 0 atom stereocenters. The molecule has 144 valence electrons. The Balaban J connectivity index is 3.57. The van der Waals surface area contributed by atoms with Gasteiger partial charge < -0.3 is 15.3 Å². The Morgan fingerprint density at radius 2 is 1.23 bits per heavy atom. The van der Waals surface area contributed by atoms with Crippen LogP contribution in [-0.4, -0.2) is 26.9 Å². The van der Waals surface area contributed by atoms with E-state index in [-0.39, 0.29) is 36.0 Å². The Morgan fingerprint density at radius 1 is 0.808 bits per heavy atom. The van der Waals surface area contributed by atoms with Gasteiger partial charge in [0.1, 0.15) is 28.4 Å². The number of hydrogen-bond acceptors (Lipinski definition) is 5. The Hall–Kier alpha value is -2.30. The van der Waals surface area contributed by atoms with Gasteiger partial charge in [-0.3, -0.25) is 9.59 Å². The zero-order chi connectivity index (χ0) is 19.9. The number of Topliss-reactive ketones (excluding diaryl/α,β-unsaturated/α-hetero) is 2. The van der Waals surface area contributed by atoms with Crippen molar-refractivity contribution in [2.45, 2.75) is 72.6 Å². The van der Waals surface area contributed by atoms with E-state index in [0.717, 1.165) is 18.4 Å². The molecular weight excluding hydrogens is 332 g/mol. The number of rotatable bonds is 10. The van der Waals surface area contributed by atoms with Crippen LogP contribution in [0.4, 0.5) is 0 Å². The van der Waals surface area contributed by atoms with Crippen molar-refractivity contribution in [3.05, 3.63) is 28.3 Å². The summed E-state index contributed by atoms with van der Waals surface area (Å²) in [5, 5.41) is 31.6. The van der Waals surface area contributed by atoms with Gasteiger partial charge in [0.05, 0.1) is 0 Å². The van der Waals surface area contributed by atoms with Crippen LogP contribution in [0.5, 0.6) is 17.2 Å². The molecular formula is C21H30O5. The van der Waals surface area contributed by atoms with Crippen LogP contribution in [0.15, 0.2) is 11.6 Å². The zero-order valence-corrected chi connectivity index (χ0v) is 16.2. The lowest BCUT2D eigenvalue weighted by Crippen LogP contribution is -2.09. The highest BCUT2D eigenvalue weighted by atomic mass is 16.3. The molecule has 0 fully saturated rings. The summed E-state index contributed by atoms with van der Waals surface area (Å²) in [7, 11) is 0. The summed E-state index contributed by atoms with van der Waals surface area (Å²) < 4.78 is 0. The molecule has 5 heteroatoms. The van der Waals surface area contributed by atoms with Crippen LogP contribution in [-0.2, 0) is 6.42 Å². The van der Waals surface area contributed by atoms with Crippen LogP contribution in [0.1, 0.15) is 92.5 Å². The van der Waals surface area contributed by atoms with Gasteiger partial charge in [0, 0.05) is 18.4 Å². The van der Waals surface area contributed by atoms with E-state index in [0.29, 0.717) is 12.8 Å². The van der Waals surface area contributed by atoms with Gasteiger partial charge in [0.2, 0.25) is 0 Å². The minimum absolute atomic E-state index is 0.101. The second-order valence-corrected chi connectivity index (χ2v) is 6.81. The van der Waals surface area contributed by atoms with Crippen molar-refractivity contribution in [1.82, 2.24) is 0 Å². The summed E-state index contributed by atoms with van der Waals surface area (Å²) in [5.41, 5.74) is 0.555. The minimum Gasteiger partial charge on any atom is -0.507 e. The van der Waals surface area contributed by atoms with Gasteiger partial charge in [-0.05, 0) is 33.1 Å². The molecule has 1 aromatic carbocycles. The van der Waals surface area contributed by atoms with Crippen LogP contribution in [0.3, 0.4) is 0 Å². The molecule has 1 rings (SSSR count). The van der Waals surface area contributed by atoms with Crippen LogP contribution >= 0.6 is 0 Å². The third-order valence-electron chi connectivity index (χ3n) is 4.31. The maximum absolute atomic E-state index is 12.5. The Labute approximate surface area is 155 Å². The summed E-state index contributed by atoms with van der Waals surface area (Å²) >= 11 is 0. The lowest BCUT2D eigenvalue weighted by atomic mass is 9.91. The van der Waals surface area contributed by atoms with Gasteiger partial charge in [-0.2, -0.15) is 0 Å². The smallest absolute Gasteiger partial charge is 0.170 e. The van der Waals surface area contributed by atoms with Crippen molar-refractivity contribution in [2.24, 2.45) is 0 Å². The van der Waals surface area contributed by atoms with E-state index in [1.54, 1.807) is 6.08 Å². The van der Waals surface area contributed by atoms with Gasteiger partial charge in [-0.1, -0.05) is 38.3 Å². The summed E-state index contributed by atoms with van der Waals surface area (Å²) in [6, 6.07) is 0. The monoisotopic (exact) mass is 362 g/mol. The Bertz CT molecular complexity index is 650. The number of allylic oxidation sites excluding steroid dienone is 2. The first kappa shape index (κ1) is 21.7. The molecule has 0 radical (unpaired) electrons. The first-order valence-corrected chi connectivity index (χ1v) is 9.25. The number of carbonyl (C=O) groups is 2. The summed E-state index contributed by atoms with van der Waals surface area (Å²) in [5.74, 6) is -2.34. The highest BCUT2D eigenvalue weighted by Crippen LogP contribution is 2.43. The van der Waals surface area contributed by atoms with Gasteiger partial charge in [-0.25, -0.2) is 0 Å². The van der Waals surface area contributed by atoms with E-state index in [4.69, 9.17) is 0 Å². The average Bonchev–Trinajstić information content (AvgIpc) is 2.57. The number of ketones is 2. The highest BCUT2D eigenvalue weighted by Gasteiger charge is 2.29. The van der Waals surface area contributed by atoms with Crippen LogP contribution in [0.2, 0.25) is 0 Å². The van der Waals surface area contributed by atoms with Crippen molar-refractivity contribution >= 4 is 11.6 Å². The first-order valence-electron chi connectivity index (χ1n) is 9.25. The van der Waals surface area contributed by atoms with Gasteiger partial charge in [-0.15, -0.1) is 0 Å². The molecule has 0 saturated heterocycles. The molecule has 0 unspecified atom stereocenters. The number of carbonyl (C=O) groups excluding carboxylic acids is 2. The predicted molar refractivity (Wildman–Crippen MR) is 102 cm³/mol. The third kappa shape index (κ3) is 5.10. The molecule has 0 aromatic heterocycles. The lowest BCUT2D eigenvalue weighted by molar-refractivity contribution is 0.0971. The molecule has 0 aliphatic carbocycles. The predicted octanol–water partition coefficient (Wildman–Crippen LogP) is 5.06.